The normalized spacial score (nSPS) is 15.2. The van der Waals surface area contributed by atoms with Crippen LogP contribution in [0.25, 0.3) is 0 Å². The first kappa shape index (κ1) is 11.2. The molecule has 0 aromatic carbocycles. The molecule has 1 aromatic rings. The second-order valence-corrected chi connectivity index (χ2v) is 4.50. The number of carboxylic acid groups (broad SMARTS) is 1. The third-order valence-corrected chi connectivity index (χ3v) is 2.75. The van der Waals surface area contributed by atoms with Crippen LogP contribution in [-0.2, 0) is 0 Å². The van der Waals surface area contributed by atoms with Crippen molar-refractivity contribution in [1.29, 1.82) is 0 Å². The van der Waals surface area contributed by atoms with Crippen molar-refractivity contribution in [3.63, 3.8) is 0 Å². The van der Waals surface area contributed by atoms with E-state index in [-0.39, 0.29) is 6.54 Å². The van der Waals surface area contributed by atoms with Crippen LogP contribution < -0.4 is 5.01 Å². The molecule has 1 N–H and O–H groups in total. The van der Waals surface area contributed by atoms with Gasteiger partial charge in [0.1, 0.15) is 0 Å². The lowest BCUT2D eigenvalue weighted by atomic mass is 10.4. The van der Waals surface area contributed by atoms with E-state index < -0.39 is 6.09 Å². The van der Waals surface area contributed by atoms with E-state index in [0.717, 1.165) is 9.49 Å². The molecule has 5 nitrogen and oxygen atoms in total. The molecular weight excluding hydrogens is 297 g/mol. The molecule has 0 spiro atoms. The Morgan fingerprint density at radius 1 is 1.62 bits per heavy atom. The Balaban J connectivity index is 2.39. The van der Waals surface area contributed by atoms with Gasteiger partial charge in [-0.2, -0.15) is 0 Å². The first-order valence-electron chi connectivity index (χ1n) is 4.36. The van der Waals surface area contributed by atoms with Gasteiger partial charge in [0.15, 0.2) is 5.82 Å². The zero-order chi connectivity index (χ0) is 11.7. The predicted octanol–water partition coefficient (Wildman–Crippen LogP) is 2.69. The van der Waals surface area contributed by atoms with Gasteiger partial charge in [-0.15, -0.1) is 0 Å². The Morgan fingerprint density at radius 3 is 3.00 bits per heavy atom. The van der Waals surface area contributed by atoms with Crippen molar-refractivity contribution in [2.45, 2.75) is 0 Å². The second-order valence-electron chi connectivity index (χ2n) is 3.07. The molecule has 1 aliphatic rings. The monoisotopic (exact) mass is 303 g/mol. The van der Waals surface area contributed by atoms with E-state index in [1.807, 2.05) is 0 Å². The van der Waals surface area contributed by atoms with E-state index in [9.17, 15) is 4.79 Å². The lowest BCUT2D eigenvalue weighted by molar-refractivity contribution is 0.152. The number of nitrogens with zero attached hydrogens (tertiary/aromatic N) is 3. The average Bonchev–Trinajstić information content (AvgIpc) is 2.61. The molecule has 0 fully saturated rings. The van der Waals surface area contributed by atoms with Gasteiger partial charge in [0, 0.05) is 16.9 Å². The lowest BCUT2D eigenvalue weighted by Crippen LogP contribution is -2.40. The summed E-state index contributed by atoms with van der Waals surface area (Å²) < 4.78 is 0.747. The number of amides is 1. The number of carbonyl (C=O) groups is 1. The molecule has 0 bridgehead atoms. The van der Waals surface area contributed by atoms with Crippen LogP contribution in [0.1, 0.15) is 0 Å². The molecule has 1 aliphatic heterocycles. The highest BCUT2D eigenvalue weighted by molar-refractivity contribution is 9.11. The number of anilines is 1. The predicted molar refractivity (Wildman–Crippen MR) is 63.5 cm³/mol. The van der Waals surface area contributed by atoms with Gasteiger partial charge in [-0.3, -0.25) is 0 Å². The summed E-state index contributed by atoms with van der Waals surface area (Å²) in [5.41, 5.74) is 0. The molecule has 0 saturated heterocycles. The van der Waals surface area contributed by atoms with E-state index in [1.165, 1.54) is 5.01 Å². The van der Waals surface area contributed by atoms with Gasteiger partial charge in [-0.1, -0.05) is 27.5 Å². The SMILES string of the molecule is O=C(O)N1CC(Br)=CN1c1ncccc1Cl. The fourth-order valence-electron chi connectivity index (χ4n) is 1.34. The van der Waals surface area contributed by atoms with Crippen LogP contribution in [0.15, 0.2) is 29.0 Å². The summed E-state index contributed by atoms with van der Waals surface area (Å²) >= 11 is 9.21. The van der Waals surface area contributed by atoms with Crippen LogP contribution in [0.4, 0.5) is 10.6 Å². The molecule has 0 radical (unpaired) electrons. The van der Waals surface area contributed by atoms with Crippen LogP contribution in [0.5, 0.6) is 0 Å². The van der Waals surface area contributed by atoms with Crippen LogP contribution in [0.3, 0.4) is 0 Å². The van der Waals surface area contributed by atoms with Gasteiger partial charge in [0.05, 0.1) is 11.6 Å². The van der Waals surface area contributed by atoms with E-state index >= 15 is 0 Å². The quantitative estimate of drug-likeness (QED) is 0.866. The van der Waals surface area contributed by atoms with Crippen molar-refractivity contribution >= 4 is 39.4 Å². The number of halogens is 2. The molecule has 1 aromatic heterocycles. The van der Waals surface area contributed by atoms with Gasteiger partial charge in [-0.25, -0.2) is 19.8 Å². The minimum absolute atomic E-state index is 0.252. The number of hydrogen-bond acceptors (Lipinski definition) is 3. The summed E-state index contributed by atoms with van der Waals surface area (Å²) in [5.74, 6) is 0.390. The van der Waals surface area contributed by atoms with Crippen molar-refractivity contribution in [2.24, 2.45) is 0 Å². The first-order valence-corrected chi connectivity index (χ1v) is 5.53. The molecule has 0 aliphatic carbocycles. The summed E-state index contributed by atoms with van der Waals surface area (Å²) in [5, 5.41) is 11.9. The van der Waals surface area contributed by atoms with Gasteiger partial charge in [-0.05, 0) is 12.1 Å². The van der Waals surface area contributed by atoms with Crippen molar-refractivity contribution < 1.29 is 9.90 Å². The number of hydrogen-bond donors (Lipinski definition) is 1. The maximum atomic E-state index is 11.0. The zero-order valence-electron chi connectivity index (χ0n) is 7.97. The van der Waals surface area contributed by atoms with E-state index in [0.29, 0.717) is 10.8 Å². The Kier molecular flexibility index (Phi) is 3.02. The highest BCUT2D eigenvalue weighted by atomic mass is 79.9. The highest BCUT2D eigenvalue weighted by Gasteiger charge is 2.28. The van der Waals surface area contributed by atoms with E-state index in [1.54, 1.807) is 24.5 Å². The minimum atomic E-state index is -1.06. The average molecular weight is 305 g/mol. The van der Waals surface area contributed by atoms with Crippen molar-refractivity contribution in [3.05, 3.63) is 34.0 Å². The Hall–Kier alpha value is -1.27. The summed E-state index contributed by atoms with van der Waals surface area (Å²) in [6, 6.07) is 3.34. The second kappa shape index (κ2) is 4.31. The Labute approximate surface area is 105 Å². The van der Waals surface area contributed by atoms with Crippen molar-refractivity contribution in [2.75, 3.05) is 11.6 Å². The largest absolute Gasteiger partial charge is 0.464 e. The molecule has 0 unspecified atom stereocenters. The van der Waals surface area contributed by atoms with E-state index in [2.05, 4.69) is 20.9 Å². The fourth-order valence-corrected chi connectivity index (χ4v) is 1.98. The smallest absolute Gasteiger partial charge is 0.427 e. The van der Waals surface area contributed by atoms with E-state index in [4.69, 9.17) is 16.7 Å². The Morgan fingerprint density at radius 2 is 2.38 bits per heavy atom. The molecular formula is C9H7BrClN3O2. The lowest BCUT2D eigenvalue weighted by Gasteiger charge is -2.25. The van der Waals surface area contributed by atoms with Crippen LogP contribution >= 0.6 is 27.5 Å². The van der Waals surface area contributed by atoms with Gasteiger partial charge < -0.3 is 5.11 Å². The third kappa shape index (κ3) is 1.98. The van der Waals surface area contributed by atoms with Crippen molar-refractivity contribution in [3.8, 4) is 0 Å². The molecule has 0 atom stereocenters. The van der Waals surface area contributed by atoms with Gasteiger partial charge >= 0.3 is 6.09 Å². The standard InChI is InChI=1S/C9H7BrClN3O2/c10-6-4-13(14(5-6)9(15)16)8-7(11)2-1-3-12-8/h1-4H,5H2,(H,15,16). The van der Waals surface area contributed by atoms with Crippen LogP contribution in [0, 0.1) is 0 Å². The molecule has 2 rings (SSSR count). The van der Waals surface area contributed by atoms with Crippen LogP contribution in [-0.4, -0.2) is 27.7 Å². The molecule has 16 heavy (non-hydrogen) atoms. The minimum Gasteiger partial charge on any atom is -0.464 e. The highest BCUT2D eigenvalue weighted by Crippen LogP contribution is 2.29. The molecule has 2 heterocycles. The maximum absolute atomic E-state index is 11.0. The summed E-state index contributed by atoms with van der Waals surface area (Å²) in [6.45, 7) is 0.252. The Bertz CT molecular complexity index is 466. The van der Waals surface area contributed by atoms with Crippen molar-refractivity contribution in [1.82, 2.24) is 9.99 Å². The molecule has 1 amide bonds. The topological polar surface area (TPSA) is 56.7 Å². The summed E-state index contributed by atoms with van der Waals surface area (Å²) in [6.07, 6.45) is 2.12. The summed E-state index contributed by atoms with van der Waals surface area (Å²) in [4.78, 5) is 15.1. The van der Waals surface area contributed by atoms with Gasteiger partial charge in [0.2, 0.25) is 0 Å². The molecule has 7 heteroatoms. The number of pyridine rings is 1. The fraction of sp³-hybridized carbons (Fsp3) is 0.111. The number of rotatable bonds is 1. The molecule has 0 saturated carbocycles. The number of aromatic nitrogens is 1. The maximum Gasteiger partial charge on any atom is 0.427 e. The zero-order valence-corrected chi connectivity index (χ0v) is 10.3. The number of hydrazine groups is 1. The third-order valence-electron chi connectivity index (χ3n) is 2.00. The van der Waals surface area contributed by atoms with Gasteiger partial charge in [0.25, 0.3) is 0 Å². The summed E-state index contributed by atoms with van der Waals surface area (Å²) in [7, 11) is 0. The molecule has 84 valence electrons. The van der Waals surface area contributed by atoms with Crippen LogP contribution in [0.2, 0.25) is 5.02 Å². The first-order chi connectivity index (χ1) is 7.59.